The van der Waals surface area contributed by atoms with Crippen LogP contribution in [0.3, 0.4) is 0 Å². The molecule has 4 aromatic rings. The molecule has 0 radical (unpaired) electrons. The number of aromatic nitrogens is 2. The van der Waals surface area contributed by atoms with Crippen molar-refractivity contribution in [2.75, 3.05) is 116 Å². The van der Waals surface area contributed by atoms with Crippen LogP contribution < -0.4 is 52.3 Å². The van der Waals surface area contributed by atoms with Crippen LogP contribution in [0, 0.1) is 0 Å². The molecule has 2 aromatic heterocycles. The minimum absolute atomic E-state index is 0.0185. The average molecular weight is 1710 g/mol. The molecule has 0 aliphatic carbocycles. The van der Waals surface area contributed by atoms with Gasteiger partial charge < -0.3 is 80.4 Å². The molecule has 0 aliphatic rings. The van der Waals surface area contributed by atoms with Gasteiger partial charge in [-0.25, -0.2) is 19.6 Å². The summed E-state index contributed by atoms with van der Waals surface area (Å²) in [5, 5.41) is 23.5. The molecule has 642 valence electrons. The predicted octanol–water partition coefficient (Wildman–Crippen LogP) is 9.86. The number of halogens is 4. The van der Waals surface area contributed by atoms with Crippen LogP contribution in [0.25, 0.3) is 0 Å². The van der Waals surface area contributed by atoms with E-state index in [0.29, 0.717) is 74.1 Å². The molecule has 0 spiro atoms. The van der Waals surface area contributed by atoms with Crippen LogP contribution in [0.5, 0.6) is 0 Å². The topological polar surface area (TPSA) is 407 Å². The van der Waals surface area contributed by atoms with Crippen molar-refractivity contribution >= 4 is 129 Å². The second kappa shape index (κ2) is 55.6. The number of hydrogen-bond donors (Lipinski definition) is 8. The highest BCUT2D eigenvalue weighted by Crippen LogP contribution is 2.29. The third kappa shape index (κ3) is 44.3. The SMILES string of the molecule is COC(=O)CC(NC(=O)[C@H](CCCCNC(=O)CCOCCOCCNC(=O)CCC(=O)NCCOCCOCCC(=O)NCCCC[C@H](NC(=O)CCCCN(C(=O)OC(C)(C)C)c1ccccn1)C(=O)NC(CC(=O)OC)c1cc(Cl)cc(Cl)c1)NC(=O)CCCCN(C(=O)OC(C)(C)C)c1ccccn1)c1cc(Cl)cc(Cl)c1. The number of pyridine rings is 2. The number of unbranched alkanes of at least 4 members (excludes halogenated alkanes) is 4. The van der Waals surface area contributed by atoms with Crippen LogP contribution in [0.1, 0.15) is 180 Å². The minimum atomic E-state index is -1.05. The number of benzene rings is 2. The number of nitrogens with one attached hydrogen (secondary N) is 8. The Hall–Kier alpha value is -9.02. The van der Waals surface area contributed by atoms with Gasteiger partial charge in [0.15, 0.2) is 0 Å². The molecule has 0 saturated heterocycles. The molecule has 0 saturated carbocycles. The molecule has 4 atom stereocenters. The summed E-state index contributed by atoms with van der Waals surface area (Å²) in [6.07, 6.45) is 5.07. The maximum atomic E-state index is 14.0. The molecular formula is C80H114Cl4N12O20. The Morgan fingerprint density at radius 2 is 0.733 bits per heavy atom. The summed E-state index contributed by atoms with van der Waals surface area (Å²) in [6.45, 7) is 13.3. The van der Waals surface area contributed by atoms with Gasteiger partial charge in [0.2, 0.25) is 47.3 Å². The van der Waals surface area contributed by atoms with Gasteiger partial charge in [-0.2, -0.15) is 0 Å². The maximum absolute atomic E-state index is 14.0. The van der Waals surface area contributed by atoms with Crippen LogP contribution in [0.15, 0.2) is 85.2 Å². The molecule has 4 rings (SSSR count). The normalized spacial score (nSPS) is 12.3. The van der Waals surface area contributed by atoms with Gasteiger partial charge >= 0.3 is 24.1 Å². The Kier molecular flexibility index (Phi) is 47.6. The molecule has 32 nitrogen and oxygen atoms in total. The van der Waals surface area contributed by atoms with E-state index in [1.54, 1.807) is 115 Å². The van der Waals surface area contributed by atoms with Crippen LogP contribution in [0.4, 0.5) is 21.2 Å². The van der Waals surface area contributed by atoms with Crippen LogP contribution in [0.2, 0.25) is 20.1 Å². The average Bonchev–Trinajstić information content (AvgIpc) is 0.736. The number of ether oxygens (including phenoxy) is 8. The number of esters is 2. The third-order valence-electron chi connectivity index (χ3n) is 16.7. The number of methoxy groups -OCH3 is 2. The number of carbonyl (C=O) groups excluding carboxylic acids is 12. The summed E-state index contributed by atoms with van der Waals surface area (Å²) in [7, 11) is 2.44. The summed E-state index contributed by atoms with van der Waals surface area (Å²) < 4.78 is 43.1. The summed E-state index contributed by atoms with van der Waals surface area (Å²) in [5.74, 6) is -3.65. The molecule has 2 aromatic carbocycles. The maximum Gasteiger partial charge on any atom is 0.416 e. The summed E-state index contributed by atoms with van der Waals surface area (Å²) >= 11 is 25.1. The largest absolute Gasteiger partial charge is 0.469 e. The Balaban J connectivity index is 1.05. The lowest BCUT2D eigenvalue weighted by atomic mass is 10.0. The molecule has 0 fully saturated rings. The van der Waals surface area contributed by atoms with Crippen molar-refractivity contribution in [2.24, 2.45) is 0 Å². The summed E-state index contributed by atoms with van der Waals surface area (Å²) in [6, 6.07) is 15.7. The fraction of sp³-hybridized carbons (Fsp3) is 0.575. The van der Waals surface area contributed by atoms with E-state index in [2.05, 4.69) is 52.5 Å². The van der Waals surface area contributed by atoms with Crippen molar-refractivity contribution in [3.8, 4) is 0 Å². The number of hydrogen-bond acceptors (Lipinski definition) is 22. The third-order valence-corrected chi connectivity index (χ3v) is 17.6. The van der Waals surface area contributed by atoms with Gasteiger partial charge in [0, 0.05) is 110 Å². The monoisotopic (exact) mass is 1700 g/mol. The summed E-state index contributed by atoms with van der Waals surface area (Å²) in [5.41, 5.74) is -0.624. The molecular weight excluding hydrogens is 1590 g/mol. The van der Waals surface area contributed by atoms with E-state index in [9.17, 15) is 57.5 Å². The highest BCUT2D eigenvalue weighted by molar-refractivity contribution is 6.35. The van der Waals surface area contributed by atoms with Crippen LogP contribution in [-0.4, -0.2) is 211 Å². The van der Waals surface area contributed by atoms with E-state index in [-0.39, 0.29) is 200 Å². The zero-order chi connectivity index (χ0) is 85.3. The Morgan fingerprint density at radius 3 is 1.07 bits per heavy atom. The number of nitrogens with zero attached hydrogens (tertiary/aromatic N) is 4. The van der Waals surface area contributed by atoms with Crippen molar-refractivity contribution in [2.45, 2.75) is 192 Å². The first-order valence-electron chi connectivity index (χ1n) is 38.8. The molecule has 2 unspecified atom stereocenters. The van der Waals surface area contributed by atoms with Gasteiger partial charge in [-0.15, -0.1) is 0 Å². The van der Waals surface area contributed by atoms with Gasteiger partial charge in [0.05, 0.1) is 92.0 Å². The van der Waals surface area contributed by atoms with E-state index >= 15 is 0 Å². The second-order valence-electron chi connectivity index (χ2n) is 28.7. The van der Waals surface area contributed by atoms with E-state index in [1.165, 1.54) is 36.2 Å². The number of anilines is 2. The molecule has 10 amide bonds. The smallest absolute Gasteiger partial charge is 0.416 e. The van der Waals surface area contributed by atoms with E-state index < -0.39 is 83.1 Å². The molecule has 0 aliphatic heterocycles. The first-order chi connectivity index (χ1) is 55.3. The molecule has 2 heterocycles. The van der Waals surface area contributed by atoms with Crippen molar-refractivity contribution in [3.63, 3.8) is 0 Å². The number of amides is 10. The predicted molar refractivity (Wildman–Crippen MR) is 437 cm³/mol. The second-order valence-corrected chi connectivity index (χ2v) is 30.5. The lowest BCUT2D eigenvalue weighted by molar-refractivity contribution is -0.142. The fourth-order valence-electron chi connectivity index (χ4n) is 11.0. The number of carbonyl (C=O) groups is 12. The molecule has 8 N–H and O–H groups in total. The van der Waals surface area contributed by atoms with Crippen LogP contribution in [-0.2, 0) is 85.8 Å². The van der Waals surface area contributed by atoms with Gasteiger partial charge in [0.1, 0.15) is 34.9 Å². The molecule has 0 bridgehead atoms. The van der Waals surface area contributed by atoms with Gasteiger partial charge in [-0.3, -0.25) is 57.7 Å². The zero-order valence-electron chi connectivity index (χ0n) is 67.5. The van der Waals surface area contributed by atoms with Crippen LogP contribution >= 0.6 is 46.4 Å². The highest BCUT2D eigenvalue weighted by Gasteiger charge is 2.31. The minimum Gasteiger partial charge on any atom is -0.469 e. The lowest BCUT2D eigenvalue weighted by Crippen LogP contribution is -2.48. The van der Waals surface area contributed by atoms with Gasteiger partial charge in [-0.05, 0) is 178 Å². The Labute approximate surface area is 698 Å². The van der Waals surface area contributed by atoms with E-state index in [0.717, 1.165) is 0 Å². The van der Waals surface area contributed by atoms with E-state index in [4.69, 9.17) is 84.3 Å². The Bertz CT molecular complexity index is 3450. The fourth-order valence-corrected chi connectivity index (χ4v) is 12.1. The van der Waals surface area contributed by atoms with Crippen molar-refractivity contribution in [1.29, 1.82) is 0 Å². The molecule has 116 heavy (non-hydrogen) atoms. The van der Waals surface area contributed by atoms with Crippen molar-refractivity contribution in [1.82, 2.24) is 52.5 Å². The Morgan fingerprint density at radius 1 is 0.388 bits per heavy atom. The quantitative estimate of drug-likeness (QED) is 0.0116. The standard InChI is InChI=1S/C80H114Cl4N12O20/c1-79(2,3)115-77(107)95(65-23-11-17-31-85-65)37-19-13-25-71(101)91-61(75(105)93-63(53-73(103)109-7)55-47-57(81)51-58(82)48-55)21-9-15-33-87-69(99)29-39-111-43-45-113-41-35-89-67(97)27-28-68(98)90-36-42-114-46-44-112-40-30-70(100)88-34-16-10-22-62(76(106)94-64(54-74(104)110-8)56-49-59(83)52-60(84)50-56)92-72(102)26-14-20-38-96(66-24-12-18-32-86-66)78(108)116-80(4,5)6/h11-12,17-18,23-24,31-32,47-52,61-64H,9-10,13-16,19-22,25-30,33-46,53-54H2,1-8H3,(H,87,99)(H,88,100)(H,89,97)(H,90,98)(H,91,101)(H,92,102)(H,93,105)(H,94,106)/t61-,62-,63?,64?/m0/s1. The summed E-state index contributed by atoms with van der Waals surface area (Å²) in [4.78, 5) is 168. The molecule has 36 heteroatoms. The first kappa shape index (κ1) is 99.3. The van der Waals surface area contributed by atoms with Crippen molar-refractivity contribution in [3.05, 3.63) is 116 Å². The first-order valence-corrected chi connectivity index (χ1v) is 40.3. The van der Waals surface area contributed by atoms with Gasteiger partial charge in [0.25, 0.3) is 0 Å². The van der Waals surface area contributed by atoms with E-state index in [1.807, 2.05) is 0 Å². The lowest BCUT2D eigenvalue weighted by Gasteiger charge is -2.27. The van der Waals surface area contributed by atoms with Gasteiger partial charge in [-0.1, -0.05) is 58.5 Å². The van der Waals surface area contributed by atoms with Crippen molar-refractivity contribution < 1.29 is 95.4 Å². The number of rotatable bonds is 55. The zero-order valence-corrected chi connectivity index (χ0v) is 70.5. The highest BCUT2D eigenvalue weighted by atomic mass is 35.5.